The van der Waals surface area contributed by atoms with Crippen molar-refractivity contribution < 1.29 is 31.3 Å². The number of amides is 1. The highest BCUT2D eigenvalue weighted by atomic mass is 35.5. The fraction of sp³-hybridized carbons (Fsp3) is 0.464. The molecule has 1 heterocycles. The minimum absolute atomic E-state index is 0.109. The summed E-state index contributed by atoms with van der Waals surface area (Å²) in [6, 6.07) is 6.49. The zero-order valence-corrected chi connectivity index (χ0v) is 25.8. The summed E-state index contributed by atoms with van der Waals surface area (Å²) in [5.74, 6) is -2.47. The maximum atomic E-state index is 13.8. The Bertz CT molecular complexity index is 1440. The van der Waals surface area contributed by atoms with Crippen LogP contribution in [0.2, 0.25) is 5.02 Å². The van der Waals surface area contributed by atoms with Gasteiger partial charge >= 0.3 is 16.1 Å². The topological polar surface area (TPSA) is 181 Å². The summed E-state index contributed by atoms with van der Waals surface area (Å²) in [6.07, 6.45) is 0.473. The fourth-order valence-corrected chi connectivity index (χ4v) is 5.74. The van der Waals surface area contributed by atoms with Crippen molar-refractivity contribution in [1.82, 2.24) is 15.1 Å². The number of rotatable bonds is 13. The number of aryl methyl sites for hydroxylation is 2. The lowest BCUT2D eigenvalue weighted by Gasteiger charge is -2.35. The van der Waals surface area contributed by atoms with Crippen LogP contribution in [0.4, 0.5) is 4.39 Å². The summed E-state index contributed by atoms with van der Waals surface area (Å²) in [5.41, 5.74) is 13.6. The van der Waals surface area contributed by atoms with Gasteiger partial charge in [-0.1, -0.05) is 17.7 Å². The standard InChI is InChI=1S/C28H38ClFN6O6S/c1-18-13-23(30)19(2)12-20(18)15-35-8-10-36(11-9-35)26(37)16-41-25-6-5-22(29)14-21(25)17-43(39,40)42-27(38)24(31)4-3-7-34-28(32)33/h5-6,12-14,24H,3-4,7-11,15-17,31H2,1-2H3,(H4,32,33,34)/t24-/m0/s1. The first-order valence-electron chi connectivity index (χ1n) is 13.7. The van der Waals surface area contributed by atoms with Gasteiger partial charge in [0.2, 0.25) is 0 Å². The van der Waals surface area contributed by atoms with Crippen LogP contribution in [0.25, 0.3) is 0 Å². The summed E-state index contributed by atoms with van der Waals surface area (Å²) in [7, 11) is -4.42. The van der Waals surface area contributed by atoms with Gasteiger partial charge in [0.05, 0.1) is 0 Å². The molecular formula is C28H38ClFN6O6S. The molecule has 0 saturated carbocycles. The van der Waals surface area contributed by atoms with E-state index in [0.717, 1.165) is 11.1 Å². The quantitative estimate of drug-likeness (QED) is 0.109. The smallest absolute Gasteiger partial charge is 0.338 e. The van der Waals surface area contributed by atoms with Gasteiger partial charge in [0.15, 0.2) is 12.6 Å². The van der Waals surface area contributed by atoms with Crippen LogP contribution >= 0.6 is 11.6 Å². The Morgan fingerprint density at radius 1 is 1.12 bits per heavy atom. The Morgan fingerprint density at radius 2 is 1.81 bits per heavy atom. The van der Waals surface area contributed by atoms with Crippen LogP contribution in [0.15, 0.2) is 30.3 Å². The first kappa shape index (κ1) is 34.0. The molecule has 3 rings (SSSR count). The number of ether oxygens (including phenoxy) is 1. The molecule has 1 amide bonds. The zero-order valence-electron chi connectivity index (χ0n) is 24.2. The van der Waals surface area contributed by atoms with E-state index < -0.39 is 27.9 Å². The van der Waals surface area contributed by atoms with E-state index in [0.29, 0.717) is 44.7 Å². The molecule has 0 aliphatic carbocycles. The van der Waals surface area contributed by atoms with Gasteiger partial charge in [0.25, 0.3) is 5.91 Å². The van der Waals surface area contributed by atoms with Crippen molar-refractivity contribution >= 4 is 39.6 Å². The molecule has 1 aliphatic heterocycles. The molecular weight excluding hydrogens is 603 g/mol. The molecule has 1 aliphatic rings. The van der Waals surface area contributed by atoms with Gasteiger partial charge in [-0.15, -0.1) is 0 Å². The Balaban J connectivity index is 1.52. The van der Waals surface area contributed by atoms with Crippen LogP contribution in [-0.4, -0.2) is 81.4 Å². The van der Waals surface area contributed by atoms with Gasteiger partial charge in [0.1, 0.15) is 23.4 Å². The lowest BCUT2D eigenvalue weighted by Crippen LogP contribution is -2.49. The number of hydrogen-bond acceptors (Lipinski definition) is 9. The highest BCUT2D eigenvalue weighted by Gasteiger charge is 2.26. The second-order valence-electron chi connectivity index (χ2n) is 10.4. The first-order chi connectivity index (χ1) is 20.2. The SMILES string of the molecule is Cc1cc(CN2CCN(C(=O)COc3ccc(Cl)cc3CS(=O)(=O)OC(=O)[C@@H](N)CCCNC(=N)N)CC2)c(C)cc1F. The average molecular weight is 641 g/mol. The van der Waals surface area contributed by atoms with E-state index in [1.165, 1.54) is 24.3 Å². The molecule has 1 atom stereocenters. The normalized spacial score (nSPS) is 14.7. The number of nitrogens with one attached hydrogen (secondary N) is 2. The third kappa shape index (κ3) is 10.6. The largest absolute Gasteiger partial charge is 0.483 e. The van der Waals surface area contributed by atoms with Crippen LogP contribution in [-0.2, 0) is 36.2 Å². The van der Waals surface area contributed by atoms with Crippen molar-refractivity contribution in [3.63, 3.8) is 0 Å². The van der Waals surface area contributed by atoms with Gasteiger partial charge < -0.3 is 30.6 Å². The van der Waals surface area contributed by atoms with Crippen LogP contribution in [0.5, 0.6) is 5.75 Å². The monoisotopic (exact) mass is 640 g/mol. The third-order valence-electron chi connectivity index (χ3n) is 6.96. The Kier molecular flexibility index (Phi) is 12.1. The van der Waals surface area contributed by atoms with Gasteiger partial charge in [-0.3, -0.25) is 15.1 Å². The van der Waals surface area contributed by atoms with E-state index in [1.807, 2.05) is 13.0 Å². The minimum Gasteiger partial charge on any atom is -0.483 e. The maximum absolute atomic E-state index is 13.8. The third-order valence-corrected chi connectivity index (χ3v) is 8.28. The molecule has 2 aromatic carbocycles. The average Bonchev–Trinajstić information content (AvgIpc) is 2.93. The summed E-state index contributed by atoms with van der Waals surface area (Å²) in [6.45, 7) is 6.44. The fourth-order valence-electron chi connectivity index (χ4n) is 4.51. The highest BCUT2D eigenvalue weighted by molar-refractivity contribution is 7.86. The molecule has 43 heavy (non-hydrogen) atoms. The first-order valence-corrected chi connectivity index (χ1v) is 15.7. The van der Waals surface area contributed by atoms with Gasteiger partial charge in [-0.05, 0) is 67.6 Å². The summed E-state index contributed by atoms with van der Waals surface area (Å²) >= 11 is 6.07. The maximum Gasteiger partial charge on any atom is 0.338 e. The molecule has 1 saturated heterocycles. The van der Waals surface area contributed by atoms with Crippen LogP contribution in [0, 0.1) is 25.1 Å². The van der Waals surface area contributed by atoms with E-state index in [1.54, 1.807) is 11.8 Å². The molecule has 0 spiro atoms. The second kappa shape index (κ2) is 15.3. The van der Waals surface area contributed by atoms with Crippen LogP contribution in [0.3, 0.4) is 0 Å². The number of hydrogen-bond donors (Lipinski definition) is 4. The Labute approximate surface area is 256 Å². The van der Waals surface area contributed by atoms with E-state index in [2.05, 4.69) is 10.2 Å². The summed E-state index contributed by atoms with van der Waals surface area (Å²) in [5, 5.41) is 9.89. The molecule has 1 fully saturated rings. The second-order valence-corrected chi connectivity index (χ2v) is 12.4. The lowest BCUT2D eigenvalue weighted by molar-refractivity contribution is -0.136. The van der Waals surface area contributed by atoms with Crippen molar-refractivity contribution in [1.29, 1.82) is 5.41 Å². The highest BCUT2D eigenvalue weighted by Crippen LogP contribution is 2.26. The molecule has 0 aromatic heterocycles. The lowest BCUT2D eigenvalue weighted by atomic mass is 10.0. The Morgan fingerprint density at radius 3 is 2.49 bits per heavy atom. The number of halogens is 2. The van der Waals surface area contributed by atoms with E-state index in [4.69, 9.17) is 37.4 Å². The molecule has 12 nitrogen and oxygen atoms in total. The predicted molar refractivity (Wildman–Crippen MR) is 161 cm³/mol. The van der Waals surface area contributed by atoms with Crippen molar-refractivity contribution in [2.45, 2.75) is 45.0 Å². The number of carbonyl (C=O) groups excluding carboxylic acids is 2. The van der Waals surface area contributed by atoms with Gasteiger partial charge in [0, 0.05) is 49.9 Å². The summed E-state index contributed by atoms with van der Waals surface area (Å²) in [4.78, 5) is 29.0. The van der Waals surface area contributed by atoms with Crippen LogP contribution < -0.4 is 21.5 Å². The number of guanidine groups is 1. The number of carbonyl (C=O) groups is 2. The van der Waals surface area contributed by atoms with E-state index in [-0.39, 0.29) is 53.6 Å². The zero-order chi connectivity index (χ0) is 31.7. The molecule has 0 bridgehead atoms. The Hall–Kier alpha value is -3.46. The molecule has 0 radical (unpaired) electrons. The number of piperazine rings is 1. The van der Waals surface area contributed by atoms with Crippen molar-refractivity contribution in [2.75, 3.05) is 39.3 Å². The minimum atomic E-state index is -4.42. The number of benzene rings is 2. The van der Waals surface area contributed by atoms with Gasteiger partial charge in [-0.25, -0.2) is 9.18 Å². The molecule has 2 aromatic rings. The predicted octanol–water partition coefficient (Wildman–Crippen LogP) is 1.78. The van der Waals surface area contributed by atoms with Crippen molar-refractivity contribution in [3.8, 4) is 5.75 Å². The van der Waals surface area contributed by atoms with Crippen LogP contribution in [0.1, 0.15) is 35.1 Å². The summed E-state index contributed by atoms with van der Waals surface area (Å²) < 4.78 is 49.5. The number of nitrogens with zero attached hydrogens (tertiary/aromatic N) is 2. The molecule has 15 heteroatoms. The number of nitrogens with two attached hydrogens (primary N) is 2. The molecule has 236 valence electrons. The molecule has 6 N–H and O–H groups in total. The van der Waals surface area contributed by atoms with Crippen molar-refractivity contribution in [2.24, 2.45) is 11.5 Å². The molecule has 0 unspecified atom stereocenters. The van der Waals surface area contributed by atoms with Crippen molar-refractivity contribution in [3.05, 3.63) is 63.4 Å². The van der Waals surface area contributed by atoms with Gasteiger partial charge in [-0.2, -0.15) is 8.42 Å². The van der Waals surface area contributed by atoms with E-state index in [9.17, 15) is 22.4 Å². The van der Waals surface area contributed by atoms with E-state index >= 15 is 0 Å².